The summed E-state index contributed by atoms with van der Waals surface area (Å²) in [5, 5.41) is 0.702. The number of carbonyl (C=O) groups excluding carboxylic acids is 1. The van der Waals surface area contributed by atoms with Crippen LogP contribution in [0.25, 0.3) is 0 Å². The van der Waals surface area contributed by atoms with Gasteiger partial charge in [-0.05, 0) is 18.4 Å². The van der Waals surface area contributed by atoms with E-state index in [9.17, 15) is 13.2 Å². The number of thioether (sulfide) groups is 1. The molecule has 2 aliphatic heterocycles. The standard InChI is InChI=1S/C17H22N2O3S2/c1-2-6-16(20)18-17-19(10-9-13-7-4-3-5-8-13)14-11-24(21,22)12-15(14)23-17/h3-5,7-8,14-15H,2,6,9-12H2,1H3/t14-,15+/m1/s1. The van der Waals surface area contributed by atoms with Gasteiger partial charge < -0.3 is 4.90 Å². The average molecular weight is 367 g/mol. The van der Waals surface area contributed by atoms with E-state index in [1.807, 2.05) is 30.0 Å². The summed E-state index contributed by atoms with van der Waals surface area (Å²) in [6.07, 6.45) is 2.02. The molecule has 1 amide bonds. The van der Waals surface area contributed by atoms with Crippen molar-refractivity contribution in [2.75, 3.05) is 18.1 Å². The summed E-state index contributed by atoms with van der Waals surface area (Å²) in [6.45, 7) is 2.64. The maximum absolute atomic E-state index is 11.9. The van der Waals surface area contributed by atoms with Crippen molar-refractivity contribution in [3.8, 4) is 0 Å². The van der Waals surface area contributed by atoms with E-state index in [0.29, 0.717) is 18.1 Å². The monoisotopic (exact) mass is 366 g/mol. The molecule has 1 aromatic rings. The Morgan fingerprint density at radius 3 is 2.75 bits per heavy atom. The van der Waals surface area contributed by atoms with E-state index in [0.717, 1.165) is 12.8 Å². The number of aliphatic imine (C=N–C) groups is 1. The van der Waals surface area contributed by atoms with Crippen molar-refractivity contribution in [1.29, 1.82) is 0 Å². The maximum atomic E-state index is 11.9. The molecule has 2 saturated heterocycles. The number of hydrogen-bond donors (Lipinski definition) is 0. The molecule has 2 heterocycles. The first kappa shape index (κ1) is 17.5. The van der Waals surface area contributed by atoms with Crippen LogP contribution in [0.3, 0.4) is 0 Å². The topological polar surface area (TPSA) is 66.8 Å². The van der Waals surface area contributed by atoms with E-state index in [2.05, 4.69) is 17.1 Å². The number of carbonyl (C=O) groups is 1. The summed E-state index contributed by atoms with van der Waals surface area (Å²) in [6, 6.07) is 10.0. The fourth-order valence-electron chi connectivity index (χ4n) is 3.17. The van der Waals surface area contributed by atoms with Crippen LogP contribution < -0.4 is 0 Å². The molecule has 7 heteroatoms. The van der Waals surface area contributed by atoms with Gasteiger partial charge in [-0.15, -0.1) is 0 Å². The van der Waals surface area contributed by atoms with Crippen LogP contribution >= 0.6 is 11.8 Å². The lowest BCUT2D eigenvalue weighted by molar-refractivity contribution is -0.117. The number of benzene rings is 1. The van der Waals surface area contributed by atoms with Gasteiger partial charge in [-0.1, -0.05) is 49.0 Å². The first-order valence-corrected chi connectivity index (χ1v) is 11.0. The van der Waals surface area contributed by atoms with Crippen LogP contribution in [0.5, 0.6) is 0 Å². The van der Waals surface area contributed by atoms with Crippen LogP contribution in [0.15, 0.2) is 35.3 Å². The van der Waals surface area contributed by atoms with Crippen LogP contribution in [-0.4, -0.2) is 53.7 Å². The third kappa shape index (κ3) is 4.00. The van der Waals surface area contributed by atoms with Crippen molar-refractivity contribution in [2.45, 2.75) is 37.5 Å². The first-order valence-electron chi connectivity index (χ1n) is 8.27. The Kier molecular flexibility index (Phi) is 5.30. The minimum Gasteiger partial charge on any atom is -0.346 e. The van der Waals surface area contributed by atoms with Gasteiger partial charge in [0.15, 0.2) is 15.0 Å². The third-order valence-corrected chi connectivity index (χ3v) is 7.59. The number of nitrogens with zero attached hydrogens (tertiary/aromatic N) is 2. The number of fused-ring (bicyclic) bond motifs is 1. The summed E-state index contributed by atoms with van der Waals surface area (Å²) in [4.78, 5) is 18.2. The zero-order valence-corrected chi connectivity index (χ0v) is 15.4. The molecule has 0 aromatic heterocycles. The molecule has 0 unspecified atom stereocenters. The van der Waals surface area contributed by atoms with Gasteiger partial charge in [-0.3, -0.25) is 4.79 Å². The predicted octanol–water partition coefficient (Wildman–Crippen LogP) is 2.13. The highest BCUT2D eigenvalue weighted by molar-refractivity contribution is 8.15. The molecule has 0 bridgehead atoms. The lowest BCUT2D eigenvalue weighted by Gasteiger charge is -2.24. The Morgan fingerprint density at radius 1 is 1.29 bits per heavy atom. The highest BCUT2D eigenvalue weighted by Crippen LogP contribution is 2.38. The highest BCUT2D eigenvalue weighted by Gasteiger charge is 2.48. The van der Waals surface area contributed by atoms with Crippen LogP contribution in [0, 0.1) is 0 Å². The lowest BCUT2D eigenvalue weighted by Crippen LogP contribution is -2.39. The average Bonchev–Trinajstić information content (AvgIpc) is 2.98. The van der Waals surface area contributed by atoms with Crippen LogP contribution in [0.4, 0.5) is 0 Å². The van der Waals surface area contributed by atoms with Crippen molar-refractivity contribution in [2.24, 2.45) is 4.99 Å². The van der Waals surface area contributed by atoms with Gasteiger partial charge in [0, 0.05) is 18.2 Å². The second kappa shape index (κ2) is 7.27. The Hall–Kier alpha value is -1.34. The fourth-order valence-corrected chi connectivity index (χ4v) is 7.16. The molecule has 2 aliphatic rings. The summed E-state index contributed by atoms with van der Waals surface area (Å²) in [7, 11) is -2.99. The van der Waals surface area contributed by atoms with Crippen molar-refractivity contribution < 1.29 is 13.2 Å². The van der Waals surface area contributed by atoms with Crippen molar-refractivity contribution in [1.82, 2.24) is 4.90 Å². The fraction of sp³-hybridized carbons (Fsp3) is 0.529. The van der Waals surface area contributed by atoms with Crippen molar-refractivity contribution in [3.63, 3.8) is 0 Å². The molecule has 5 nitrogen and oxygen atoms in total. The lowest BCUT2D eigenvalue weighted by atomic mass is 10.1. The van der Waals surface area contributed by atoms with Crippen molar-refractivity contribution in [3.05, 3.63) is 35.9 Å². The zero-order valence-electron chi connectivity index (χ0n) is 13.7. The number of rotatable bonds is 5. The second-order valence-corrected chi connectivity index (χ2v) is 9.63. The van der Waals surface area contributed by atoms with Gasteiger partial charge in [0.05, 0.1) is 17.5 Å². The van der Waals surface area contributed by atoms with Gasteiger partial charge in [0.1, 0.15) is 0 Å². The number of amidine groups is 1. The van der Waals surface area contributed by atoms with Crippen LogP contribution in [0.1, 0.15) is 25.3 Å². The molecule has 2 fully saturated rings. The van der Waals surface area contributed by atoms with E-state index in [1.165, 1.54) is 17.3 Å². The van der Waals surface area contributed by atoms with Crippen LogP contribution in [-0.2, 0) is 21.1 Å². The molecule has 24 heavy (non-hydrogen) atoms. The van der Waals surface area contributed by atoms with Gasteiger partial charge in [-0.25, -0.2) is 8.42 Å². The van der Waals surface area contributed by atoms with E-state index in [-0.39, 0.29) is 28.7 Å². The molecule has 2 atom stereocenters. The Balaban J connectivity index is 1.77. The van der Waals surface area contributed by atoms with Crippen molar-refractivity contribution >= 4 is 32.7 Å². The van der Waals surface area contributed by atoms with Gasteiger partial charge in [-0.2, -0.15) is 4.99 Å². The van der Waals surface area contributed by atoms with Crippen LogP contribution in [0.2, 0.25) is 0 Å². The first-order chi connectivity index (χ1) is 11.5. The molecule has 0 N–H and O–H groups in total. The number of hydrogen-bond acceptors (Lipinski definition) is 4. The molecular weight excluding hydrogens is 344 g/mol. The summed E-state index contributed by atoms with van der Waals surface area (Å²) in [5.74, 6) is 0.235. The Morgan fingerprint density at radius 2 is 2.04 bits per heavy atom. The quantitative estimate of drug-likeness (QED) is 0.799. The zero-order chi connectivity index (χ0) is 17.2. The number of sulfone groups is 1. The Bertz CT molecular complexity index is 731. The van der Waals surface area contributed by atoms with E-state index >= 15 is 0 Å². The minimum absolute atomic E-state index is 0.000972. The minimum atomic E-state index is -2.99. The van der Waals surface area contributed by atoms with E-state index in [1.54, 1.807) is 0 Å². The van der Waals surface area contributed by atoms with E-state index in [4.69, 9.17) is 0 Å². The largest absolute Gasteiger partial charge is 0.346 e. The molecule has 0 spiro atoms. The summed E-state index contributed by atoms with van der Waals surface area (Å²) >= 11 is 1.46. The third-order valence-electron chi connectivity index (χ3n) is 4.34. The second-order valence-electron chi connectivity index (χ2n) is 6.27. The maximum Gasteiger partial charge on any atom is 0.248 e. The smallest absolute Gasteiger partial charge is 0.248 e. The normalized spacial score (nSPS) is 26.7. The van der Waals surface area contributed by atoms with E-state index < -0.39 is 9.84 Å². The molecule has 0 saturated carbocycles. The SMILES string of the molecule is CCCC(=O)N=C1S[C@H]2CS(=O)(=O)C[C@H]2N1CCc1ccccc1. The molecule has 0 aliphatic carbocycles. The summed E-state index contributed by atoms with van der Waals surface area (Å²) in [5.41, 5.74) is 1.20. The number of amides is 1. The summed E-state index contributed by atoms with van der Waals surface area (Å²) < 4.78 is 23.9. The highest BCUT2D eigenvalue weighted by atomic mass is 32.2. The Labute approximate surface area is 147 Å². The molecule has 0 radical (unpaired) electrons. The molecular formula is C17H22N2O3S2. The van der Waals surface area contributed by atoms with Gasteiger partial charge >= 0.3 is 0 Å². The molecule has 3 rings (SSSR count). The van der Waals surface area contributed by atoms with Gasteiger partial charge in [0.2, 0.25) is 5.91 Å². The molecule has 130 valence electrons. The predicted molar refractivity (Wildman–Crippen MR) is 98.0 cm³/mol. The molecule has 1 aromatic carbocycles. The van der Waals surface area contributed by atoms with Gasteiger partial charge in [0.25, 0.3) is 0 Å².